The van der Waals surface area contributed by atoms with Crippen LogP contribution >= 0.6 is 11.8 Å². The fourth-order valence-corrected chi connectivity index (χ4v) is 2.66. The Morgan fingerprint density at radius 3 is 2.10 bits per heavy atom. The minimum absolute atomic E-state index is 0.00734. The molecule has 6 nitrogen and oxygen atoms in total. The summed E-state index contributed by atoms with van der Waals surface area (Å²) >= 11 is 0.870. The summed E-state index contributed by atoms with van der Waals surface area (Å²) < 4.78 is 0.543. The Bertz CT molecular complexity index is 364. The standard InChI is InChI=1S/C13H23NO5S/c1-9(15)5-10(13(18)19)8-20-12(17)6-11(16)7-14(2,3)4/h10-11,16H,5-8H2,1-4H3/p+1/t10?,11-/m1/s1. The van der Waals surface area contributed by atoms with Crippen LogP contribution in [0.3, 0.4) is 0 Å². The first kappa shape index (κ1) is 19.1. The van der Waals surface area contributed by atoms with Crippen LogP contribution in [0.25, 0.3) is 0 Å². The van der Waals surface area contributed by atoms with E-state index in [-0.39, 0.29) is 29.5 Å². The van der Waals surface area contributed by atoms with Crippen LogP contribution in [0.5, 0.6) is 0 Å². The van der Waals surface area contributed by atoms with Gasteiger partial charge in [0.25, 0.3) is 0 Å². The monoisotopic (exact) mass is 306 g/mol. The van der Waals surface area contributed by atoms with Gasteiger partial charge in [-0.1, -0.05) is 11.8 Å². The molecule has 0 saturated heterocycles. The van der Waals surface area contributed by atoms with Crippen LogP contribution in [0.15, 0.2) is 0 Å². The molecule has 0 rings (SSSR count). The minimum atomic E-state index is -1.08. The van der Waals surface area contributed by atoms with Gasteiger partial charge in [0.15, 0.2) is 5.12 Å². The average molecular weight is 306 g/mol. The van der Waals surface area contributed by atoms with Crippen LogP contribution in [0.4, 0.5) is 0 Å². The van der Waals surface area contributed by atoms with Crippen molar-refractivity contribution >= 4 is 28.6 Å². The molecule has 2 atom stereocenters. The highest BCUT2D eigenvalue weighted by Crippen LogP contribution is 2.17. The number of Topliss-reactive ketones (excluding diaryl/α,β-unsaturated/α-hetero) is 1. The van der Waals surface area contributed by atoms with Gasteiger partial charge in [-0.3, -0.25) is 9.59 Å². The molecule has 0 saturated carbocycles. The van der Waals surface area contributed by atoms with Crippen molar-refractivity contribution in [2.75, 3.05) is 33.4 Å². The van der Waals surface area contributed by atoms with Gasteiger partial charge >= 0.3 is 5.97 Å². The highest BCUT2D eigenvalue weighted by atomic mass is 32.2. The molecule has 116 valence electrons. The number of carbonyl (C=O) groups is 3. The summed E-state index contributed by atoms with van der Waals surface area (Å²) in [6, 6.07) is 0. The van der Waals surface area contributed by atoms with Gasteiger partial charge in [-0.25, -0.2) is 0 Å². The first-order valence-corrected chi connectivity index (χ1v) is 7.36. The second kappa shape index (κ2) is 8.39. The lowest BCUT2D eigenvalue weighted by molar-refractivity contribution is -0.873. The van der Waals surface area contributed by atoms with Crippen molar-refractivity contribution in [3.63, 3.8) is 0 Å². The van der Waals surface area contributed by atoms with Crippen LogP contribution in [-0.2, 0) is 14.4 Å². The van der Waals surface area contributed by atoms with Crippen LogP contribution in [0.1, 0.15) is 19.8 Å². The number of quaternary nitrogens is 1. The molecule has 7 heteroatoms. The third-order valence-corrected chi connectivity index (χ3v) is 3.55. The zero-order valence-corrected chi connectivity index (χ0v) is 13.3. The van der Waals surface area contributed by atoms with E-state index in [4.69, 9.17) is 5.11 Å². The zero-order chi connectivity index (χ0) is 15.9. The summed E-state index contributed by atoms with van der Waals surface area (Å²) in [5, 5.41) is 18.4. The predicted molar refractivity (Wildman–Crippen MR) is 77.4 cm³/mol. The van der Waals surface area contributed by atoms with Crippen molar-refractivity contribution in [1.29, 1.82) is 0 Å². The van der Waals surface area contributed by atoms with E-state index in [1.165, 1.54) is 6.92 Å². The summed E-state index contributed by atoms with van der Waals surface area (Å²) in [5.74, 6) is -2.08. The largest absolute Gasteiger partial charge is 0.481 e. The summed E-state index contributed by atoms with van der Waals surface area (Å²) in [7, 11) is 5.73. The number of nitrogens with zero attached hydrogens (tertiary/aromatic N) is 1. The van der Waals surface area contributed by atoms with Crippen molar-refractivity contribution in [2.24, 2.45) is 5.92 Å². The predicted octanol–water partition coefficient (Wildman–Crippen LogP) is 0.383. The van der Waals surface area contributed by atoms with Crippen LogP contribution < -0.4 is 0 Å². The second-order valence-corrected chi connectivity index (χ2v) is 7.03. The molecule has 0 amide bonds. The normalized spacial score (nSPS) is 14.7. The molecule has 0 heterocycles. The molecular weight excluding hydrogens is 282 g/mol. The van der Waals surface area contributed by atoms with Crippen molar-refractivity contribution in [2.45, 2.75) is 25.9 Å². The molecule has 0 bridgehead atoms. The molecule has 0 aliphatic carbocycles. The molecule has 0 spiro atoms. The number of likely N-dealkylation sites (N-methyl/N-ethyl adjacent to an activating group) is 1. The van der Waals surface area contributed by atoms with Crippen molar-refractivity contribution in [3.05, 3.63) is 0 Å². The quantitative estimate of drug-likeness (QED) is 0.599. The number of carbonyl (C=O) groups excluding carboxylic acids is 2. The highest BCUT2D eigenvalue weighted by Gasteiger charge is 2.23. The van der Waals surface area contributed by atoms with E-state index >= 15 is 0 Å². The maximum absolute atomic E-state index is 11.7. The molecule has 0 aliphatic rings. The molecule has 0 radical (unpaired) electrons. The fourth-order valence-electron chi connectivity index (χ4n) is 1.71. The molecule has 0 aromatic carbocycles. The van der Waals surface area contributed by atoms with Crippen molar-refractivity contribution < 1.29 is 29.1 Å². The fraction of sp³-hybridized carbons (Fsp3) is 0.769. The Morgan fingerprint density at radius 2 is 1.70 bits per heavy atom. The maximum atomic E-state index is 11.7. The van der Waals surface area contributed by atoms with Gasteiger partial charge in [-0.05, 0) is 6.92 Å². The number of thioether (sulfide) groups is 1. The molecule has 0 aromatic heterocycles. The van der Waals surface area contributed by atoms with Gasteiger partial charge in [-0.2, -0.15) is 0 Å². The summed E-state index contributed by atoms with van der Waals surface area (Å²) in [6.45, 7) is 1.77. The third-order valence-electron chi connectivity index (χ3n) is 2.49. The van der Waals surface area contributed by atoms with Crippen LogP contribution in [0, 0.1) is 5.92 Å². The van der Waals surface area contributed by atoms with E-state index < -0.39 is 18.0 Å². The van der Waals surface area contributed by atoms with E-state index in [2.05, 4.69) is 0 Å². The number of hydrogen-bond acceptors (Lipinski definition) is 5. The molecule has 0 aromatic rings. The zero-order valence-electron chi connectivity index (χ0n) is 12.5. The first-order chi connectivity index (χ1) is 9.01. The lowest BCUT2D eigenvalue weighted by Gasteiger charge is -2.26. The van der Waals surface area contributed by atoms with Crippen LogP contribution in [0.2, 0.25) is 0 Å². The number of aliphatic hydroxyl groups excluding tert-OH is 1. The van der Waals surface area contributed by atoms with Crippen LogP contribution in [-0.4, -0.2) is 71.1 Å². The van der Waals surface area contributed by atoms with Crippen molar-refractivity contribution in [3.8, 4) is 0 Å². The number of aliphatic carboxylic acids is 1. The summed E-state index contributed by atoms with van der Waals surface area (Å²) in [5.41, 5.74) is 0. The molecule has 0 aliphatic heterocycles. The smallest absolute Gasteiger partial charge is 0.307 e. The molecule has 20 heavy (non-hydrogen) atoms. The first-order valence-electron chi connectivity index (χ1n) is 6.37. The van der Waals surface area contributed by atoms with Crippen molar-refractivity contribution in [1.82, 2.24) is 0 Å². The number of hydrogen-bond donors (Lipinski definition) is 2. The molecule has 2 N–H and O–H groups in total. The van der Waals surface area contributed by atoms with E-state index in [1.807, 2.05) is 21.1 Å². The Balaban J connectivity index is 4.20. The number of carboxylic acids is 1. The van der Waals surface area contributed by atoms with E-state index in [0.717, 1.165) is 11.8 Å². The number of carboxylic acid groups (broad SMARTS) is 1. The Hall–Kier alpha value is -0.920. The number of aliphatic hydroxyl groups is 1. The van der Waals surface area contributed by atoms with E-state index in [1.54, 1.807) is 0 Å². The molecule has 1 unspecified atom stereocenters. The minimum Gasteiger partial charge on any atom is -0.481 e. The lowest BCUT2D eigenvalue weighted by atomic mass is 10.1. The lowest BCUT2D eigenvalue weighted by Crippen LogP contribution is -2.41. The maximum Gasteiger partial charge on any atom is 0.307 e. The van der Waals surface area contributed by atoms with Gasteiger partial charge in [0.2, 0.25) is 0 Å². The van der Waals surface area contributed by atoms with Gasteiger partial charge < -0.3 is 19.5 Å². The Labute approximate surface area is 123 Å². The van der Waals surface area contributed by atoms with Gasteiger partial charge in [0, 0.05) is 18.6 Å². The summed E-state index contributed by atoms with van der Waals surface area (Å²) in [6.07, 6.45) is -0.824. The average Bonchev–Trinajstić information content (AvgIpc) is 2.20. The summed E-state index contributed by atoms with van der Waals surface area (Å²) in [4.78, 5) is 33.5. The van der Waals surface area contributed by atoms with Gasteiger partial charge in [0.05, 0.1) is 27.1 Å². The number of ketones is 1. The van der Waals surface area contributed by atoms with E-state index in [0.29, 0.717) is 11.0 Å². The topological polar surface area (TPSA) is 91.7 Å². The molecule has 0 fully saturated rings. The Morgan fingerprint density at radius 1 is 1.15 bits per heavy atom. The highest BCUT2D eigenvalue weighted by molar-refractivity contribution is 8.13. The van der Waals surface area contributed by atoms with Gasteiger partial charge in [-0.15, -0.1) is 0 Å². The van der Waals surface area contributed by atoms with Gasteiger partial charge in [0.1, 0.15) is 18.4 Å². The van der Waals surface area contributed by atoms with E-state index in [9.17, 15) is 19.5 Å². The SMILES string of the molecule is CC(=O)CC(CSC(=O)C[C@@H](O)C[N+](C)(C)C)C(=O)O. The Kier molecular flexibility index (Phi) is 8.00. The molecular formula is C13H24NO5S+. The third kappa shape index (κ3) is 9.94. The second-order valence-electron chi connectivity index (χ2n) is 5.96. The number of rotatable bonds is 9.